The van der Waals surface area contributed by atoms with Crippen molar-refractivity contribution >= 4 is 40.9 Å². The Balaban J connectivity index is 1.44. The number of thiocarbonyl (C=S) groups is 1. The molecule has 0 spiro atoms. The van der Waals surface area contributed by atoms with Crippen LogP contribution < -0.4 is 26.8 Å². The Kier molecular flexibility index (Phi) is 8.14. The van der Waals surface area contributed by atoms with Crippen LogP contribution in [-0.4, -0.2) is 20.1 Å². The van der Waals surface area contributed by atoms with Crippen LogP contribution >= 0.6 is 12.2 Å². The third-order valence-corrected chi connectivity index (χ3v) is 5.13. The third-order valence-electron chi connectivity index (χ3n) is 4.93. The molecule has 3 aromatic carbocycles. The summed E-state index contributed by atoms with van der Waals surface area (Å²) in [6.07, 6.45) is 0. The monoisotopic (exact) mass is 506 g/mol. The van der Waals surface area contributed by atoms with Crippen molar-refractivity contribution in [3.63, 3.8) is 0 Å². The Morgan fingerprint density at radius 2 is 1.28 bits per heavy atom. The molecule has 0 saturated carbocycles. The van der Waals surface area contributed by atoms with Crippen LogP contribution in [0.1, 0.15) is 16.7 Å². The van der Waals surface area contributed by atoms with Gasteiger partial charge in [-0.15, -0.1) is 0 Å². The highest BCUT2D eigenvalue weighted by Crippen LogP contribution is 2.13. The number of rotatable bonds is 9. The zero-order valence-corrected chi connectivity index (χ0v) is 20.2. The molecule has 4 rings (SSSR count). The molecule has 0 atom stereocenters. The Labute approximate surface area is 212 Å². The van der Waals surface area contributed by atoms with Gasteiger partial charge in [0.1, 0.15) is 11.6 Å². The highest BCUT2D eigenvalue weighted by molar-refractivity contribution is 7.80. The number of hydrogen-bond acceptors (Lipinski definition) is 7. The second-order valence-corrected chi connectivity index (χ2v) is 8.25. The van der Waals surface area contributed by atoms with Gasteiger partial charge < -0.3 is 16.0 Å². The van der Waals surface area contributed by atoms with Crippen molar-refractivity contribution in [2.45, 2.75) is 20.0 Å². The minimum Gasteiger partial charge on any atom is -0.350 e. The van der Waals surface area contributed by atoms with E-state index in [1.165, 1.54) is 24.3 Å². The second-order valence-electron chi connectivity index (χ2n) is 7.84. The summed E-state index contributed by atoms with van der Waals surface area (Å²) >= 11 is 5.35. The predicted molar refractivity (Wildman–Crippen MR) is 141 cm³/mol. The first-order valence-corrected chi connectivity index (χ1v) is 11.5. The van der Waals surface area contributed by atoms with Gasteiger partial charge in [-0.2, -0.15) is 15.0 Å². The lowest BCUT2D eigenvalue weighted by Crippen LogP contribution is -2.34. The maximum Gasteiger partial charge on any atom is 0.248 e. The van der Waals surface area contributed by atoms with Crippen molar-refractivity contribution in [3.8, 4) is 0 Å². The molecule has 0 aliphatic rings. The minimum absolute atomic E-state index is 0.210. The molecule has 11 heteroatoms. The fourth-order valence-electron chi connectivity index (χ4n) is 3.15. The SMILES string of the molecule is Cc1cccc(NC(=S)NNc2nc(NCc3ccc(F)cc3)nc(NCc3ccc(F)cc3)n2)c1. The van der Waals surface area contributed by atoms with Gasteiger partial charge in [0.25, 0.3) is 0 Å². The number of nitrogens with one attached hydrogen (secondary N) is 5. The summed E-state index contributed by atoms with van der Waals surface area (Å²) in [6, 6.07) is 20.0. The summed E-state index contributed by atoms with van der Waals surface area (Å²) in [5.74, 6) is 0.176. The second kappa shape index (κ2) is 11.8. The molecule has 0 fully saturated rings. The smallest absolute Gasteiger partial charge is 0.248 e. The van der Waals surface area contributed by atoms with Gasteiger partial charge in [0.15, 0.2) is 5.11 Å². The Bertz CT molecular complexity index is 1250. The molecule has 4 aromatic rings. The minimum atomic E-state index is -0.306. The summed E-state index contributed by atoms with van der Waals surface area (Å²) in [6.45, 7) is 2.75. The molecule has 0 aliphatic heterocycles. The van der Waals surface area contributed by atoms with Crippen molar-refractivity contribution in [1.82, 2.24) is 20.4 Å². The molecule has 0 bridgehead atoms. The number of hydrazine groups is 1. The first kappa shape index (κ1) is 24.7. The van der Waals surface area contributed by atoms with Crippen molar-refractivity contribution in [1.29, 1.82) is 0 Å². The Hall–Kier alpha value is -4.38. The van der Waals surface area contributed by atoms with Gasteiger partial charge in [0.2, 0.25) is 17.8 Å². The number of halogens is 2. The molecule has 0 unspecified atom stereocenters. The van der Waals surface area contributed by atoms with E-state index in [0.717, 1.165) is 22.4 Å². The number of aryl methyl sites for hydroxylation is 1. The molecule has 1 heterocycles. The van der Waals surface area contributed by atoms with E-state index in [2.05, 4.69) is 41.8 Å². The van der Waals surface area contributed by atoms with Crippen LogP contribution in [0.25, 0.3) is 0 Å². The van der Waals surface area contributed by atoms with Gasteiger partial charge in [-0.1, -0.05) is 36.4 Å². The standard InChI is InChI=1S/C25H24F2N8S/c1-16-3-2-4-21(13-16)30-25(36)35-34-24-32-22(28-14-17-5-9-19(26)10-6-17)31-23(33-24)29-15-18-7-11-20(27)12-8-18/h2-13H,14-15H2,1H3,(H2,30,35,36)(H3,28,29,31,32,33,34). The molecule has 5 N–H and O–H groups in total. The van der Waals surface area contributed by atoms with E-state index in [4.69, 9.17) is 12.2 Å². The highest BCUT2D eigenvalue weighted by Gasteiger charge is 2.08. The number of hydrogen-bond donors (Lipinski definition) is 5. The summed E-state index contributed by atoms with van der Waals surface area (Å²) in [5.41, 5.74) is 9.39. The molecular weight excluding hydrogens is 482 g/mol. The van der Waals surface area contributed by atoms with E-state index in [0.29, 0.717) is 18.2 Å². The van der Waals surface area contributed by atoms with Crippen LogP contribution in [0.3, 0.4) is 0 Å². The van der Waals surface area contributed by atoms with E-state index in [9.17, 15) is 8.78 Å². The van der Waals surface area contributed by atoms with Crippen LogP contribution in [0.5, 0.6) is 0 Å². The predicted octanol–water partition coefficient (Wildman–Crippen LogP) is 5.00. The molecule has 184 valence electrons. The summed E-state index contributed by atoms with van der Waals surface area (Å²) in [4.78, 5) is 13.1. The van der Waals surface area contributed by atoms with Crippen LogP contribution in [-0.2, 0) is 13.1 Å². The Morgan fingerprint density at radius 3 is 1.81 bits per heavy atom. The van der Waals surface area contributed by atoms with Crippen LogP contribution in [0.15, 0.2) is 72.8 Å². The van der Waals surface area contributed by atoms with Gasteiger partial charge in [0.05, 0.1) is 0 Å². The van der Waals surface area contributed by atoms with E-state index >= 15 is 0 Å². The van der Waals surface area contributed by atoms with Crippen LogP contribution in [0.2, 0.25) is 0 Å². The van der Waals surface area contributed by atoms with Crippen molar-refractivity contribution < 1.29 is 8.78 Å². The molecule has 0 aliphatic carbocycles. The number of benzene rings is 3. The summed E-state index contributed by atoms with van der Waals surface area (Å²) in [7, 11) is 0. The van der Waals surface area contributed by atoms with Crippen molar-refractivity contribution in [2.75, 3.05) is 21.4 Å². The van der Waals surface area contributed by atoms with Gasteiger partial charge in [-0.3, -0.25) is 10.9 Å². The van der Waals surface area contributed by atoms with E-state index in [1.807, 2.05) is 31.2 Å². The molecule has 1 aromatic heterocycles. The molecule has 0 radical (unpaired) electrons. The fourth-order valence-corrected chi connectivity index (χ4v) is 3.32. The van der Waals surface area contributed by atoms with Gasteiger partial charge in [-0.05, 0) is 72.2 Å². The Morgan fingerprint density at radius 1 is 0.750 bits per heavy atom. The molecule has 8 nitrogen and oxygen atoms in total. The van der Waals surface area contributed by atoms with Gasteiger partial charge >= 0.3 is 0 Å². The van der Waals surface area contributed by atoms with E-state index < -0.39 is 0 Å². The number of aromatic nitrogens is 3. The highest BCUT2D eigenvalue weighted by atomic mass is 32.1. The maximum absolute atomic E-state index is 13.2. The van der Waals surface area contributed by atoms with E-state index in [1.54, 1.807) is 24.3 Å². The number of nitrogens with zero attached hydrogens (tertiary/aromatic N) is 3. The van der Waals surface area contributed by atoms with Crippen LogP contribution in [0.4, 0.5) is 32.3 Å². The average Bonchev–Trinajstić information content (AvgIpc) is 2.87. The largest absolute Gasteiger partial charge is 0.350 e. The van der Waals surface area contributed by atoms with Crippen molar-refractivity contribution in [2.24, 2.45) is 0 Å². The number of anilines is 4. The maximum atomic E-state index is 13.2. The summed E-state index contributed by atoms with van der Waals surface area (Å²) < 4.78 is 26.4. The quantitative estimate of drug-likeness (QED) is 0.159. The fraction of sp³-hybridized carbons (Fsp3) is 0.120. The first-order chi connectivity index (χ1) is 17.4. The average molecular weight is 507 g/mol. The summed E-state index contributed by atoms with van der Waals surface area (Å²) in [5, 5.41) is 9.62. The lowest BCUT2D eigenvalue weighted by atomic mass is 10.2. The lowest BCUT2D eigenvalue weighted by molar-refractivity contribution is 0.626. The van der Waals surface area contributed by atoms with Gasteiger partial charge in [0, 0.05) is 18.8 Å². The lowest BCUT2D eigenvalue weighted by Gasteiger charge is -2.14. The van der Waals surface area contributed by atoms with Crippen LogP contribution in [0, 0.1) is 18.6 Å². The molecule has 0 saturated heterocycles. The van der Waals surface area contributed by atoms with E-state index in [-0.39, 0.29) is 29.5 Å². The molecule has 0 amide bonds. The molecular formula is C25H24F2N8S. The normalized spacial score (nSPS) is 10.4. The molecule has 36 heavy (non-hydrogen) atoms. The topological polar surface area (TPSA) is 98.8 Å². The zero-order chi connectivity index (χ0) is 25.3. The third kappa shape index (κ3) is 7.57. The zero-order valence-electron chi connectivity index (χ0n) is 19.3. The first-order valence-electron chi connectivity index (χ1n) is 11.1. The van der Waals surface area contributed by atoms with Gasteiger partial charge in [-0.25, -0.2) is 8.78 Å². The van der Waals surface area contributed by atoms with Crippen molar-refractivity contribution in [3.05, 3.63) is 101 Å².